The Morgan fingerprint density at radius 3 is 2.23 bits per heavy atom. The molecular weight excluding hydrogens is 374 g/mol. The number of aliphatic imine (C=N–C) groups is 1. The van der Waals surface area contributed by atoms with Crippen LogP contribution in [0.1, 0.15) is 56.1 Å². The third-order valence-electron chi connectivity index (χ3n) is 6.46. The molecule has 2 N–H and O–H groups in total. The van der Waals surface area contributed by atoms with E-state index in [-0.39, 0.29) is 5.91 Å². The van der Waals surface area contributed by atoms with Crippen molar-refractivity contribution < 1.29 is 4.79 Å². The van der Waals surface area contributed by atoms with Crippen LogP contribution in [0.2, 0.25) is 0 Å². The number of likely N-dealkylation sites (tertiary alicyclic amines) is 2. The second-order valence-electron chi connectivity index (χ2n) is 8.72. The van der Waals surface area contributed by atoms with Crippen molar-refractivity contribution in [1.82, 2.24) is 20.4 Å². The number of benzene rings is 1. The quantitative estimate of drug-likeness (QED) is 0.556. The number of piperidine rings is 1. The van der Waals surface area contributed by atoms with E-state index in [9.17, 15) is 4.79 Å². The fraction of sp³-hybridized carbons (Fsp3) is 0.667. The van der Waals surface area contributed by atoms with E-state index in [1.165, 1.54) is 49.9 Å². The molecule has 2 aliphatic heterocycles. The van der Waals surface area contributed by atoms with Crippen molar-refractivity contribution in [3.05, 3.63) is 35.4 Å². The molecule has 0 saturated carbocycles. The van der Waals surface area contributed by atoms with Gasteiger partial charge in [0.15, 0.2) is 5.96 Å². The molecule has 30 heavy (non-hydrogen) atoms. The summed E-state index contributed by atoms with van der Waals surface area (Å²) in [4.78, 5) is 21.0. The number of hydrogen-bond acceptors (Lipinski definition) is 3. The third-order valence-corrected chi connectivity index (χ3v) is 6.46. The summed E-state index contributed by atoms with van der Waals surface area (Å²) in [6.45, 7) is 6.24. The zero-order valence-electron chi connectivity index (χ0n) is 18.8. The lowest BCUT2D eigenvalue weighted by atomic mass is 9.93. The number of rotatable bonds is 6. The molecule has 0 bridgehead atoms. The Labute approximate surface area is 182 Å². The lowest BCUT2D eigenvalue weighted by Gasteiger charge is -2.34. The number of guanidine groups is 1. The van der Waals surface area contributed by atoms with Gasteiger partial charge in [0.1, 0.15) is 0 Å². The second kappa shape index (κ2) is 11.9. The van der Waals surface area contributed by atoms with Crippen LogP contribution in [0.15, 0.2) is 29.3 Å². The molecule has 0 aliphatic carbocycles. The standard InChI is InChI=1S/C24H39N5O/c1-25-23(30)17-20-11-15-29(16-12-20)24(26-2)27-18-21-7-9-22(10-8-21)19-28-13-5-3-4-6-14-28/h7-10,20H,3-6,11-19H2,1-2H3,(H,25,30)(H,26,27). The van der Waals surface area contributed by atoms with E-state index < -0.39 is 0 Å². The van der Waals surface area contributed by atoms with E-state index >= 15 is 0 Å². The van der Waals surface area contributed by atoms with E-state index in [1.807, 2.05) is 7.05 Å². The number of amides is 1. The second-order valence-corrected chi connectivity index (χ2v) is 8.72. The summed E-state index contributed by atoms with van der Waals surface area (Å²) >= 11 is 0. The Morgan fingerprint density at radius 2 is 1.63 bits per heavy atom. The molecule has 1 aromatic rings. The van der Waals surface area contributed by atoms with Crippen molar-refractivity contribution in [2.24, 2.45) is 10.9 Å². The SMILES string of the molecule is CN=C(NCc1ccc(CN2CCCCCC2)cc1)N1CCC(CC(=O)NC)CC1. The van der Waals surface area contributed by atoms with Crippen molar-refractivity contribution in [3.63, 3.8) is 0 Å². The number of carbonyl (C=O) groups is 1. The average molecular weight is 414 g/mol. The van der Waals surface area contributed by atoms with Gasteiger partial charge in [0, 0.05) is 46.7 Å². The van der Waals surface area contributed by atoms with Gasteiger partial charge in [0.25, 0.3) is 0 Å². The topological polar surface area (TPSA) is 60.0 Å². The Bertz CT molecular complexity index is 671. The molecule has 6 heteroatoms. The maximum atomic E-state index is 11.6. The molecule has 1 amide bonds. The first-order chi connectivity index (χ1) is 14.7. The molecule has 3 rings (SSSR count). The average Bonchev–Trinajstić information content (AvgIpc) is 3.05. The van der Waals surface area contributed by atoms with Gasteiger partial charge in [-0.3, -0.25) is 14.7 Å². The first kappa shape index (κ1) is 22.6. The van der Waals surface area contributed by atoms with E-state index in [0.29, 0.717) is 12.3 Å². The van der Waals surface area contributed by atoms with Crippen LogP contribution in [-0.4, -0.2) is 61.9 Å². The number of nitrogens with zero attached hydrogens (tertiary/aromatic N) is 3. The van der Waals surface area contributed by atoms with Crippen LogP contribution < -0.4 is 10.6 Å². The van der Waals surface area contributed by atoms with Crippen LogP contribution >= 0.6 is 0 Å². The molecule has 2 heterocycles. The van der Waals surface area contributed by atoms with Gasteiger partial charge in [-0.1, -0.05) is 37.1 Å². The van der Waals surface area contributed by atoms with Crippen molar-refractivity contribution in [2.75, 3.05) is 40.3 Å². The van der Waals surface area contributed by atoms with E-state index in [1.54, 1.807) is 7.05 Å². The predicted molar refractivity (Wildman–Crippen MR) is 123 cm³/mol. The summed E-state index contributed by atoms with van der Waals surface area (Å²) in [5.74, 6) is 1.59. The van der Waals surface area contributed by atoms with E-state index in [4.69, 9.17) is 0 Å². The minimum atomic E-state index is 0.148. The lowest BCUT2D eigenvalue weighted by molar-refractivity contribution is -0.121. The molecular formula is C24H39N5O. The molecule has 0 spiro atoms. The van der Waals surface area contributed by atoms with Crippen molar-refractivity contribution in [1.29, 1.82) is 0 Å². The van der Waals surface area contributed by atoms with E-state index in [0.717, 1.165) is 45.0 Å². The van der Waals surface area contributed by atoms with Crippen molar-refractivity contribution in [2.45, 2.75) is 58.0 Å². The zero-order chi connectivity index (χ0) is 21.2. The summed E-state index contributed by atoms with van der Waals surface area (Å²) in [5.41, 5.74) is 2.69. The van der Waals surface area contributed by atoms with Gasteiger partial charge in [-0.15, -0.1) is 0 Å². The van der Waals surface area contributed by atoms with Gasteiger partial charge in [-0.05, 0) is 55.8 Å². The zero-order valence-corrected chi connectivity index (χ0v) is 18.8. The minimum absolute atomic E-state index is 0.148. The monoisotopic (exact) mass is 413 g/mol. The Balaban J connectivity index is 1.43. The molecule has 166 valence electrons. The van der Waals surface area contributed by atoms with Gasteiger partial charge >= 0.3 is 0 Å². The van der Waals surface area contributed by atoms with Crippen LogP contribution in [0.3, 0.4) is 0 Å². The van der Waals surface area contributed by atoms with Gasteiger partial charge in [-0.2, -0.15) is 0 Å². The van der Waals surface area contributed by atoms with Crippen LogP contribution in [0.25, 0.3) is 0 Å². The largest absolute Gasteiger partial charge is 0.359 e. The molecule has 0 unspecified atom stereocenters. The lowest BCUT2D eigenvalue weighted by Crippen LogP contribution is -2.45. The van der Waals surface area contributed by atoms with Crippen LogP contribution in [-0.2, 0) is 17.9 Å². The summed E-state index contributed by atoms with van der Waals surface area (Å²) in [5, 5.41) is 6.25. The van der Waals surface area contributed by atoms with Crippen molar-refractivity contribution in [3.8, 4) is 0 Å². The maximum Gasteiger partial charge on any atom is 0.220 e. The summed E-state index contributed by atoms with van der Waals surface area (Å²) in [6, 6.07) is 9.02. The van der Waals surface area contributed by atoms with Gasteiger partial charge in [0.2, 0.25) is 5.91 Å². The Kier molecular flexibility index (Phi) is 9.00. The molecule has 2 fully saturated rings. The molecule has 0 atom stereocenters. The third kappa shape index (κ3) is 7.01. The molecule has 2 saturated heterocycles. The first-order valence-electron chi connectivity index (χ1n) is 11.6. The number of nitrogens with one attached hydrogen (secondary N) is 2. The molecule has 6 nitrogen and oxygen atoms in total. The molecule has 0 radical (unpaired) electrons. The first-order valence-corrected chi connectivity index (χ1v) is 11.6. The highest BCUT2D eigenvalue weighted by molar-refractivity contribution is 5.80. The molecule has 0 aromatic heterocycles. The van der Waals surface area contributed by atoms with E-state index in [2.05, 4.69) is 49.7 Å². The van der Waals surface area contributed by atoms with Gasteiger partial charge in [-0.25, -0.2) is 0 Å². The number of hydrogen-bond donors (Lipinski definition) is 2. The predicted octanol–water partition coefficient (Wildman–Crippen LogP) is 2.99. The smallest absolute Gasteiger partial charge is 0.220 e. The van der Waals surface area contributed by atoms with Gasteiger partial charge in [0.05, 0.1) is 0 Å². The summed E-state index contributed by atoms with van der Waals surface area (Å²) in [7, 11) is 3.56. The minimum Gasteiger partial charge on any atom is -0.359 e. The van der Waals surface area contributed by atoms with Crippen molar-refractivity contribution >= 4 is 11.9 Å². The molecule has 2 aliphatic rings. The number of carbonyl (C=O) groups excluding carboxylic acids is 1. The maximum absolute atomic E-state index is 11.6. The Hall–Kier alpha value is -2.08. The normalized spacial score (nSPS) is 19.4. The fourth-order valence-corrected chi connectivity index (χ4v) is 4.54. The van der Waals surface area contributed by atoms with Gasteiger partial charge < -0.3 is 15.5 Å². The van der Waals surface area contributed by atoms with Crippen LogP contribution in [0, 0.1) is 5.92 Å². The summed E-state index contributed by atoms with van der Waals surface area (Å²) < 4.78 is 0. The molecule has 1 aromatic carbocycles. The highest BCUT2D eigenvalue weighted by atomic mass is 16.1. The Morgan fingerprint density at radius 1 is 1.00 bits per heavy atom. The summed E-state index contributed by atoms with van der Waals surface area (Å²) in [6.07, 6.45) is 8.16. The highest BCUT2D eigenvalue weighted by Gasteiger charge is 2.23. The fourth-order valence-electron chi connectivity index (χ4n) is 4.54. The van der Waals surface area contributed by atoms with Crippen LogP contribution in [0.5, 0.6) is 0 Å². The highest BCUT2D eigenvalue weighted by Crippen LogP contribution is 2.20. The van der Waals surface area contributed by atoms with Crippen LogP contribution in [0.4, 0.5) is 0 Å².